The largest absolute Gasteiger partial charge is 0.452 e. The van der Waals surface area contributed by atoms with E-state index in [4.69, 9.17) is 5.73 Å². The van der Waals surface area contributed by atoms with Gasteiger partial charge in [-0.2, -0.15) is 0 Å². The van der Waals surface area contributed by atoms with Crippen LogP contribution < -0.4 is 10.6 Å². The van der Waals surface area contributed by atoms with Gasteiger partial charge in [0.1, 0.15) is 5.82 Å². The fraction of sp³-hybridized carbons (Fsp3) is 0.400. The number of rotatable bonds is 2. The number of anilines is 2. The van der Waals surface area contributed by atoms with Crippen LogP contribution in [0.4, 0.5) is 16.3 Å². The Balaban J connectivity index is 2.99. The van der Waals surface area contributed by atoms with Gasteiger partial charge in [0.25, 0.3) is 0 Å². The van der Waals surface area contributed by atoms with E-state index in [2.05, 4.69) is 9.72 Å². The Morgan fingerprint density at radius 2 is 2.20 bits per heavy atom. The second-order valence-electron chi connectivity index (χ2n) is 3.38. The van der Waals surface area contributed by atoms with Crippen molar-refractivity contribution >= 4 is 17.6 Å². The van der Waals surface area contributed by atoms with Crippen molar-refractivity contribution in [1.29, 1.82) is 0 Å². The summed E-state index contributed by atoms with van der Waals surface area (Å²) in [5.41, 5.74) is 6.08. The molecule has 2 N–H and O–H groups in total. The van der Waals surface area contributed by atoms with Gasteiger partial charge in [0.05, 0.1) is 19.0 Å². The SMILES string of the molecule is COC(=O)N(c1ccc(N)cn1)C(C)C. The van der Waals surface area contributed by atoms with Crippen molar-refractivity contribution in [2.75, 3.05) is 17.7 Å². The smallest absolute Gasteiger partial charge is 0.415 e. The van der Waals surface area contributed by atoms with Gasteiger partial charge in [0.2, 0.25) is 0 Å². The Morgan fingerprint density at radius 1 is 1.53 bits per heavy atom. The van der Waals surface area contributed by atoms with E-state index < -0.39 is 6.09 Å². The Morgan fingerprint density at radius 3 is 2.60 bits per heavy atom. The number of nitrogens with two attached hydrogens (primary N) is 1. The molecule has 15 heavy (non-hydrogen) atoms. The summed E-state index contributed by atoms with van der Waals surface area (Å²) in [5.74, 6) is 0.533. The van der Waals surface area contributed by atoms with E-state index in [9.17, 15) is 4.79 Å². The van der Waals surface area contributed by atoms with Gasteiger partial charge in [-0.05, 0) is 26.0 Å². The van der Waals surface area contributed by atoms with E-state index in [1.807, 2.05) is 13.8 Å². The summed E-state index contributed by atoms with van der Waals surface area (Å²) in [5, 5.41) is 0. The summed E-state index contributed by atoms with van der Waals surface area (Å²) >= 11 is 0. The van der Waals surface area contributed by atoms with Gasteiger partial charge in [0.15, 0.2) is 0 Å². The third-order valence-corrected chi connectivity index (χ3v) is 1.91. The monoisotopic (exact) mass is 209 g/mol. The Bertz CT molecular complexity index is 335. The third kappa shape index (κ3) is 2.59. The number of carbonyl (C=O) groups is 1. The molecule has 1 amide bonds. The number of pyridine rings is 1. The molecule has 0 bridgehead atoms. The molecule has 5 heteroatoms. The van der Waals surface area contributed by atoms with Gasteiger partial charge in [-0.1, -0.05) is 0 Å². The van der Waals surface area contributed by atoms with E-state index in [0.29, 0.717) is 11.5 Å². The Labute approximate surface area is 88.9 Å². The van der Waals surface area contributed by atoms with Crippen molar-refractivity contribution < 1.29 is 9.53 Å². The van der Waals surface area contributed by atoms with Gasteiger partial charge in [-0.3, -0.25) is 4.90 Å². The molecule has 0 aliphatic rings. The molecule has 1 heterocycles. The molecular weight excluding hydrogens is 194 g/mol. The lowest BCUT2D eigenvalue weighted by molar-refractivity contribution is 0.176. The summed E-state index contributed by atoms with van der Waals surface area (Å²) in [6, 6.07) is 3.36. The molecule has 0 spiro atoms. The molecule has 0 fully saturated rings. The minimum Gasteiger partial charge on any atom is -0.452 e. The van der Waals surface area contributed by atoms with Gasteiger partial charge in [0, 0.05) is 6.04 Å². The minimum atomic E-state index is -0.428. The van der Waals surface area contributed by atoms with Crippen LogP contribution in [-0.4, -0.2) is 24.2 Å². The van der Waals surface area contributed by atoms with Crippen LogP contribution in [0.3, 0.4) is 0 Å². The standard InChI is InChI=1S/C10H15N3O2/c1-7(2)13(10(14)15-3)9-5-4-8(11)6-12-9/h4-7H,11H2,1-3H3. The number of hydrogen-bond donors (Lipinski definition) is 1. The highest BCUT2D eigenvalue weighted by Gasteiger charge is 2.20. The van der Waals surface area contributed by atoms with Gasteiger partial charge in [-0.15, -0.1) is 0 Å². The molecule has 1 aromatic heterocycles. The normalized spacial score (nSPS) is 10.1. The van der Waals surface area contributed by atoms with E-state index in [1.54, 1.807) is 12.1 Å². The zero-order valence-electron chi connectivity index (χ0n) is 9.10. The lowest BCUT2D eigenvalue weighted by Crippen LogP contribution is -2.37. The zero-order chi connectivity index (χ0) is 11.4. The number of nitrogen functional groups attached to an aromatic ring is 1. The van der Waals surface area contributed by atoms with Crippen molar-refractivity contribution in [1.82, 2.24) is 4.98 Å². The fourth-order valence-electron chi connectivity index (χ4n) is 1.21. The maximum atomic E-state index is 11.5. The molecule has 5 nitrogen and oxygen atoms in total. The molecule has 0 atom stereocenters. The summed E-state index contributed by atoms with van der Waals surface area (Å²) in [6.45, 7) is 3.77. The average Bonchev–Trinajstić information content (AvgIpc) is 2.20. The van der Waals surface area contributed by atoms with Crippen LogP contribution >= 0.6 is 0 Å². The lowest BCUT2D eigenvalue weighted by atomic mass is 10.3. The van der Waals surface area contributed by atoms with Crippen molar-refractivity contribution in [3.8, 4) is 0 Å². The molecular formula is C10H15N3O2. The second-order valence-corrected chi connectivity index (χ2v) is 3.38. The van der Waals surface area contributed by atoms with Gasteiger partial charge < -0.3 is 10.5 Å². The number of amides is 1. The minimum absolute atomic E-state index is 0.0198. The van der Waals surface area contributed by atoms with E-state index in [1.165, 1.54) is 18.2 Å². The van der Waals surface area contributed by atoms with Crippen molar-refractivity contribution in [3.05, 3.63) is 18.3 Å². The maximum absolute atomic E-state index is 11.5. The number of methoxy groups -OCH3 is 1. The fourth-order valence-corrected chi connectivity index (χ4v) is 1.21. The quantitative estimate of drug-likeness (QED) is 0.804. The Hall–Kier alpha value is -1.78. The number of aromatic nitrogens is 1. The van der Waals surface area contributed by atoms with E-state index in [-0.39, 0.29) is 6.04 Å². The first-order valence-electron chi connectivity index (χ1n) is 4.65. The van der Waals surface area contributed by atoms with Crippen molar-refractivity contribution in [2.45, 2.75) is 19.9 Å². The van der Waals surface area contributed by atoms with Crippen LogP contribution in [-0.2, 0) is 4.74 Å². The molecule has 0 aromatic carbocycles. The van der Waals surface area contributed by atoms with Crippen molar-refractivity contribution in [2.24, 2.45) is 0 Å². The van der Waals surface area contributed by atoms with Gasteiger partial charge in [-0.25, -0.2) is 9.78 Å². The molecule has 0 saturated heterocycles. The summed E-state index contributed by atoms with van der Waals surface area (Å²) in [6.07, 6.45) is 1.08. The molecule has 0 radical (unpaired) electrons. The molecule has 0 aliphatic heterocycles. The first-order chi connectivity index (χ1) is 7.06. The summed E-state index contributed by atoms with van der Waals surface area (Å²) < 4.78 is 4.67. The summed E-state index contributed by atoms with van der Waals surface area (Å²) in [4.78, 5) is 17.0. The predicted octanol–water partition coefficient (Wildman–Crippen LogP) is 1.65. The van der Waals surface area contributed by atoms with Gasteiger partial charge >= 0.3 is 6.09 Å². The molecule has 82 valence electrons. The highest BCUT2D eigenvalue weighted by atomic mass is 16.5. The van der Waals surface area contributed by atoms with Crippen LogP contribution in [0, 0.1) is 0 Å². The van der Waals surface area contributed by atoms with Crippen LogP contribution in [0.1, 0.15) is 13.8 Å². The van der Waals surface area contributed by atoms with Crippen LogP contribution in [0.15, 0.2) is 18.3 Å². The molecule has 1 rings (SSSR count). The number of carbonyl (C=O) groups excluding carboxylic acids is 1. The number of ether oxygens (including phenoxy) is 1. The zero-order valence-corrected chi connectivity index (χ0v) is 9.10. The van der Waals surface area contributed by atoms with Crippen LogP contribution in [0.2, 0.25) is 0 Å². The topological polar surface area (TPSA) is 68.5 Å². The molecule has 1 aromatic rings. The van der Waals surface area contributed by atoms with E-state index >= 15 is 0 Å². The predicted molar refractivity (Wildman–Crippen MR) is 58.7 cm³/mol. The third-order valence-electron chi connectivity index (χ3n) is 1.91. The van der Waals surface area contributed by atoms with Crippen molar-refractivity contribution in [3.63, 3.8) is 0 Å². The molecule has 0 aliphatic carbocycles. The van der Waals surface area contributed by atoms with Crippen LogP contribution in [0.25, 0.3) is 0 Å². The number of nitrogens with zero attached hydrogens (tertiary/aromatic N) is 2. The van der Waals surface area contributed by atoms with E-state index in [0.717, 1.165) is 0 Å². The first kappa shape index (κ1) is 11.3. The van der Waals surface area contributed by atoms with Crippen LogP contribution in [0.5, 0.6) is 0 Å². The lowest BCUT2D eigenvalue weighted by Gasteiger charge is -2.23. The Kier molecular flexibility index (Phi) is 3.49. The first-order valence-corrected chi connectivity index (χ1v) is 4.65. The number of hydrogen-bond acceptors (Lipinski definition) is 4. The average molecular weight is 209 g/mol. The molecule has 0 saturated carbocycles. The maximum Gasteiger partial charge on any atom is 0.415 e. The summed E-state index contributed by atoms with van der Waals surface area (Å²) in [7, 11) is 1.34. The second kappa shape index (κ2) is 4.63. The molecule has 0 unspecified atom stereocenters. The highest BCUT2D eigenvalue weighted by Crippen LogP contribution is 2.16. The highest BCUT2D eigenvalue weighted by molar-refractivity contribution is 5.86.